The highest BCUT2D eigenvalue weighted by molar-refractivity contribution is 8.00. The lowest BCUT2D eigenvalue weighted by Gasteiger charge is -2.22. The van der Waals surface area contributed by atoms with Crippen molar-refractivity contribution in [1.82, 2.24) is 5.01 Å². The molecule has 1 aliphatic heterocycles. The first kappa shape index (κ1) is 18.0. The molecule has 3 rings (SSSR count). The Bertz CT molecular complexity index is 746. The van der Waals surface area contributed by atoms with Crippen molar-refractivity contribution in [2.24, 2.45) is 5.10 Å². The zero-order valence-electron chi connectivity index (χ0n) is 13.8. The van der Waals surface area contributed by atoms with Crippen molar-refractivity contribution in [3.8, 4) is 0 Å². The molecule has 0 saturated heterocycles. The Morgan fingerprint density at radius 2 is 2.20 bits per heavy atom. The molecular weight excluding hydrogens is 360 g/mol. The van der Waals surface area contributed by atoms with E-state index in [9.17, 15) is 4.79 Å². The number of hydrogen-bond donors (Lipinski definition) is 1. The smallest absolute Gasteiger partial charge is 0.256 e. The van der Waals surface area contributed by atoms with Crippen LogP contribution in [0.1, 0.15) is 30.7 Å². The highest BCUT2D eigenvalue weighted by Gasteiger charge is 2.36. The van der Waals surface area contributed by atoms with E-state index in [0.29, 0.717) is 23.0 Å². The van der Waals surface area contributed by atoms with Gasteiger partial charge in [-0.1, -0.05) is 23.7 Å². The van der Waals surface area contributed by atoms with Crippen molar-refractivity contribution >= 4 is 35.0 Å². The van der Waals surface area contributed by atoms with Gasteiger partial charge in [0.1, 0.15) is 11.8 Å². The molecule has 0 aliphatic carbocycles. The molecule has 7 heteroatoms. The first-order valence-corrected chi connectivity index (χ1v) is 9.45. The summed E-state index contributed by atoms with van der Waals surface area (Å²) < 4.78 is 5.53. The Morgan fingerprint density at radius 1 is 1.44 bits per heavy atom. The first-order valence-electron chi connectivity index (χ1n) is 8.02. The Labute approximate surface area is 155 Å². The van der Waals surface area contributed by atoms with Crippen LogP contribution in [-0.4, -0.2) is 39.3 Å². The summed E-state index contributed by atoms with van der Waals surface area (Å²) in [7, 11) is 0. The average Bonchev–Trinajstić information content (AvgIpc) is 3.28. The molecule has 0 fully saturated rings. The molecule has 0 unspecified atom stereocenters. The Hall–Kier alpha value is -1.76. The Kier molecular flexibility index (Phi) is 5.83. The summed E-state index contributed by atoms with van der Waals surface area (Å²) in [6.45, 7) is 1.88. The number of carbonyl (C=O) groups excluding carboxylic acids is 1. The van der Waals surface area contributed by atoms with Crippen LogP contribution in [0.2, 0.25) is 5.02 Å². The number of hydrogen-bond acceptors (Lipinski definition) is 5. The third-order valence-electron chi connectivity index (χ3n) is 3.99. The van der Waals surface area contributed by atoms with Gasteiger partial charge in [0, 0.05) is 17.2 Å². The van der Waals surface area contributed by atoms with Gasteiger partial charge in [-0.05, 0) is 36.8 Å². The average molecular weight is 379 g/mol. The number of aliphatic hydroxyl groups excluding tert-OH is 1. The molecule has 132 valence electrons. The topological polar surface area (TPSA) is 66.0 Å². The van der Waals surface area contributed by atoms with E-state index in [1.807, 2.05) is 43.3 Å². The molecule has 2 aromatic rings. The lowest BCUT2D eigenvalue weighted by atomic mass is 10.0. The van der Waals surface area contributed by atoms with E-state index in [2.05, 4.69) is 5.10 Å². The summed E-state index contributed by atoms with van der Waals surface area (Å²) in [5.41, 5.74) is 1.76. The van der Waals surface area contributed by atoms with E-state index < -0.39 is 0 Å². The minimum absolute atomic E-state index is 0.0448. The number of carbonyl (C=O) groups is 1. The predicted octanol–water partition coefficient (Wildman–Crippen LogP) is 3.72. The van der Waals surface area contributed by atoms with Crippen LogP contribution < -0.4 is 0 Å². The van der Waals surface area contributed by atoms with Crippen molar-refractivity contribution in [3.05, 3.63) is 59.0 Å². The molecule has 2 heterocycles. The number of hydrazone groups is 1. The molecule has 0 radical (unpaired) electrons. The van der Waals surface area contributed by atoms with E-state index in [1.165, 1.54) is 16.8 Å². The first-order chi connectivity index (χ1) is 12.1. The fraction of sp³-hybridized carbons (Fsp3) is 0.333. The van der Waals surface area contributed by atoms with Crippen LogP contribution in [0.4, 0.5) is 0 Å². The highest BCUT2D eigenvalue weighted by Crippen LogP contribution is 2.34. The van der Waals surface area contributed by atoms with Crippen LogP contribution in [0.3, 0.4) is 0 Å². The van der Waals surface area contributed by atoms with Gasteiger partial charge in [0.15, 0.2) is 0 Å². The second-order valence-electron chi connectivity index (χ2n) is 5.71. The largest absolute Gasteiger partial charge is 0.467 e. The molecule has 25 heavy (non-hydrogen) atoms. The van der Waals surface area contributed by atoms with Gasteiger partial charge in [-0.3, -0.25) is 4.79 Å². The molecule has 2 atom stereocenters. The minimum atomic E-state index is -0.294. The number of thioether (sulfide) groups is 1. The summed E-state index contributed by atoms with van der Waals surface area (Å²) in [4.78, 5) is 12.8. The number of benzene rings is 1. The lowest BCUT2D eigenvalue weighted by molar-refractivity contribution is -0.132. The van der Waals surface area contributed by atoms with Gasteiger partial charge in [0.25, 0.3) is 5.91 Å². The number of rotatable bonds is 6. The Balaban J connectivity index is 1.87. The molecule has 0 saturated carbocycles. The Morgan fingerprint density at radius 3 is 2.84 bits per heavy atom. The normalized spacial score (nSPS) is 18.3. The van der Waals surface area contributed by atoms with Crippen molar-refractivity contribution in [1.29, 1.82) is 0 Å². The number of halogens is 1. The van der Waals surface area contributed by atoms with Crippen LogP contribution in [0, 0.1) is 0 Å². The van der Waals surface area contributed by atoms with Crippen LogP contribution >= 0.6 is 23.4 Å². The summed E-state index contributed by atoms with van der Waals surface area (Å²) in [5.74, 6) is 1.13. The molecule has 0 spiro atoms. The fourth-order valence-electron chi connectivity index (χ4n) is 2.72. The van der Waals surface area contributed by atoms with Crippen molar-refractivity contribution in [2.45, 2.75) is 24.6 Å². The van der Waals surface area contributed by atoms with E-state index in [1.54, 1.807) is 6.26 Å². The van der Waals surface area contributed by atoms with Gasteiger partial charge in [-0.25, -0.2) is 5.01 Å². The third kappa shape index (κ3) is 4.08. The third-order valence-corrected chi connectivity index (χ3v) is 5.36. The van der Waals surface area contributed by atoms with Crippen molar-refractivity contribution < 1.29 is 14.3 Å². The molecule has 1 aromatic heterocycles. The summed E-state index contributed by atoms with van der Waals surface area (Å²) in [5, 5.41) is 15.4. The molecule has 1 N–H and O–H groups in total. The number of amides is 1. The van der Waals surface area contributed by atoms with Gasteiger partial charge >= 0.3 is 0 Å². The van der Waals surface area contributed by atoms with Gasteiger partial charge < -0.3 is 9.52 Å². The molecule has 1 aromatic carbocycles. The van der Waals surface area contributed by atoms with Gasteiger partial charge in [-0.15, -0.1) is 11.8 Å². The van der Waals surface area contributed by atoms with Gasteiger partial charge in [0.05, 0.1) is 23.8 Å². The SMILES string of the molecule is C[C@H](SCCO)C(=O)N1N=C(c2ccc(Cl)cc2)C[C@@H]1c1ccco1. The molecule has 1 amide bonds. The van der Waals surface area contributed by atoms with Crippen LogP contribution in [0.15, 0.2) is 52.2 Å². The maximum atomic E-state index is 12.8. The summed E-state index contributed by atoms with van der Waals surface area (Å²) in [6.07, 6.45) is 2.18. The quantitative estimate of drug-likeness (QED) is 0.831. The van der Waals surface area contributed by atoms with Gasteiger partial charge in [0.2, 0.25) is 0 Å². The van der Waals surface area contributed by atoms with Crippen molar-refractivity contribution in [3.63, 3.8) is 0 Å². The zero-order valence-corrected chi connectivity index (χ0v) is 15.3. The maximum absolute atomic E-state index is 12.8. The summed E-state index contributed by atoms with van der Waals surface area (Å²) in [6, 6.07) is 10.8. The van der Waals surface area contributed by atoms with E-state index in [0.717, 1.165) is 11.3 Å². The summed E-state index contributed by atoms with van der Waals surface area (Å²) >= 11 is 7.37. The maximum Gasteiger partial charge on any atom is 0.256 e. The molecule has 0 bridgehead atoms. The monoisotopic (exact) mass is 378 g/mol. The number of furan rings is 1. The predicted molar refractivity (Wildman–Crippen MR) is 99.9 cm³/mol. The lowest BCUT2D eigenvalue weighted by Crippen LogP contribution is -2.33. The zero-order chi connectivity index (χ0) is 17.8. The standard InChI is InChI=1S/C18H19ClN2O3S/c1-12(25-10-8-22)18(23)21-16(17-3-2-9-24-17)11-15(20-21)13-4-6-14(19)7-5-13/h2-7,9,12,16,22H,8,10-11H2,1H3/t12-,16+/m0/s1. The molecular formula is C18H19ClN2O3S. The van der Waals surface area contributed by atoms with Crippen LogP contribution in [0.5, 0.6) is 0 Å². The van der Waals surface area contributed by atoms with Gasteiger partial charge in [-0.2, -0.15) is 5.10 Å². The van der Waals surface area contributed by atoms with E-state index in [-0.39, 0.29) is 23.8 Å². The number of nitrogens with zero attached hydrogens (tertiary/aromatic N) is 2. The molecule has 5 nitrogen and oxygen atoms in total. The second kappa shape index (κ2) is 8.08. The second-order valence-corrected chi connectivity index (χ2v) is 7.59. The van der Waals surface area contributed by atoms with Crippen LogP contribution in [-0.2, 0) is 4.79 Å². The minimum Gasteiger partial charge on any atom is -0.467 e. The highest BCUT2D eigenvalue weighted by atomic mass is 35.5. The van der Waals surface area contributed by atoms with E-state index >= 15 is 0 Å². The fourth-order valence-corrected chi connectivity index (χ4v) is 3.56. The van der Waals surface area contributed by atoms with Crippen LogP contribution in [0.25, 0.3) is 0 Å². The molecule has 1 aliphatic rings. The number of aliphatic hydroxyl groups is 1. The van der Waals surface area contributed by atoms with E-state index in [4.69, 9.17) is 21.1 Å². The van der Waals surface area contributed by atoms with Crippen molar-refractivity contribution in [2.75, 3.05) is 12.4 Å².